The number of hydrogen-bond acceptors (Lipinski definition) is 2. The summed E-state index contributed by atoms with van der Waals surface area (Å²) >= 11 is 13.1. The number of nitrogens with one attached hydrogen (secondary N) is 1. The second-order valence-corrected chi connectivity index (χ2v) is 6.12. The van der Waals surface area contributed by atoms with E-state index in [1.54, 1.807) is 7.11 Å². The number of rotatable bonds is 4. The van der Waals surface area contributed by atoms with Gasteiger partial charge in [-0.05, 0) is 57.9 Å². The SMILES string of the molecule is COc1ccc(NCc2cc(Br)ccc2Cl)cc1Br. The number of anilines is 1. The zero-order valence-corrected chi connectivity index (χ0v) is 14.1. The molecule has 2 nitrogen and oxygen atoms in total. The van der Waals surface area contributed by atoms with Gasteiger partial charge in [-0.25, -0.2) is 0 Å². The van der Waals surface area contributed by atoms with Crippen molar-refractivity contribution < 1.29 is 4.74 Å². The van der Waals surface area contributed by atoms with Gasteiger partial charge in [-0.2, -0.15) is 0 Å². The lowest BCUT2D eigenvalue weighted by Crippen LogP contribution is -2.00. The Morgan fingerprint density at radius 2 is 1.95 bits per heavy atom. The first kappa shape index (κ1) is 14.7. The van der Waals surface area contributed by atoms with Crippen LogP contribution in [0.5, 0.6) is 5.75 Å². The van der Waals surface area contributed by atoms with Gasteiger partial charge < -0.3 is 10.1 Å². The third-order valence-corrected chi connectivity index (χ3v) is 4.12. The molecule has 0 heterocycles. The van der Waals surface area contributed by atoms with Crippen molar-refractivity contribution in [3.63, 3.8) is 0 Å². The quantitative estimate of drug-likeness (QED) is 0.727. The van der Waals surface area contributed by atoms with Gasteiger partial charge in [0.1, 0.15) is 5.75 Å². The molecule has 0 bridgehead atoms. The molecular weight excluding hydrogens is 393 g/mol. The summed E-state index contributed by atoms with van der Waals surface area (Å²) in [6, 6.07) is 11.7. The number of halogens is 3. The molecule has 0 saturated heterocycles. The van der Waals surface area contributed by atoms with Crippen molar-refractivity contribution in [1.82, 2.24) is 0 Å². The zero-order chi connectivity index (χ0) is 13.8. The molecule has 2 rings (SSSR count). The Kier molecular flexibility index (Phi) is 5.13. The summed E-state index contributed by atoms with van der Waals surface area (Å²) in [5, 5.41) is 4.08. The van der Waals surface area contributed by atoms with E-state index in [1.165, 1.54) is 0 Å². The van der Waals surface area contributed by atoms with Crippen LogP contribution in [0.1, 0.15) is 5.56 Å². The molecule has 0 fully saturated rings. The fourth-order valence-electron chi connectivity index (χ4n) is 1.65. The van der Waals surface area contributed by atoms with Crippen molar-refractivity contribution in [3.8, 4) is 5.75 Å². The Labute approximate surface area is 134 Å². The van der Waals surface area contributed by atoms with Gasteiger partial charge in [-0.3, -0.25) is 0 Å². The normalized spacial score (nSPS) is 10.3. The molecule has 2 aromatic rings. The van der Waals surface area contributed by atoms with Gasteiger partial charge in [0.2, 0.25) is 0 Å². The Morgan fingerprint density at radius 3 is 2.63 bits per heavy atom. The molecular formula is C14H12Br2ClNO. The van der Waals surface area contributed by atoms with Gasteiger partial charge in [0.15, 0.2) is 0 Å². The fraction of sp³-hybridized carbons (Fsp3) is 0.143. The van der Waals surface area contributed by atoms with Crippen LogP contribution in [0.2, 0.25) is 5.02 Å². The predicted molar refractivity (Wildman–Crippen MR) is 87.2 cm³/mol. The summed E-state index contributed by atoms with van der Waals surface area (Å²) in [7, 11) is 1.65. The molecule has 0 saturated carbocycles. The molecule has 0 aromatic heterocycles. The first-order valence-corrected chi connectivity index (χ1v) is 7.58. The molecule has 0 atom stereocenters. The lowest BCUT2D eigenvalue weighted by molar-refractivity contribution is 0.412. The van der Waals surface area contributed by atoms with Gasteiger partial charge >= 0.3 is 0 Å². The lowest BCUT2D eigenvalue weighted by atomic mass is 10.2. The maximum Gasteiger partial charge on any atom is 0.133 e. The van der Waals surface area contributed by atoms with E-state index in [2.05, 4.69) is 37.2 Å². The molecule has 0 spiro atoms. The van der Waals surface area contributed by atoms with Crippen LogP contribution in [0.4, 0.5) is 5.69 Å². The summed E-state index contributed by atoms with van der Waals surface area (Å²) in [4.78, 5) is 0. The summed E-state index contributed by atoms with van der Waals surface area (Å²) in [5.74, 6) is 0.811. The van der Waals surface area contributed by atoms with Crippen LogP contribution in [0.3, 0.4) is 0 Å². The van der Waals surface area contributed by atoms with E-state index in [1.807, 2.05) is 36.4 Å². The number of methoxy groups -OCH3 is 1. The fourth-order valence-corrected chi connectivity index (χ4v) is 2.79. The molecule has 0 amide bonds. The van der Waals surface area contributed by atoms with Gasteiger partial charge in [0.25, 0.3) is 0 Å². The molecule has 0 aliphatic rings. The average molecular weight is 406 g/mol. The minimum absolute atomic E-state index is 0.664. The van der Waals surface area contributed by atoms with Gasteiger partial charge in [-0.15, -0.1) is 0 Å². The minimum Gasteiger partial charge on any atom is -0.496 e. The molecule has 0 aliphatic heterocycles. The number of ether oxygens (including phenoxy) is 1. The van der Waals surface area contributed by atoms with Crippen molar-refractivity contribution in [3.05, 3.63) is 55.9 Å². The van der Waals surface area contributed by atoms with Crippen LogP contribution in [0.15, 0.2) is 45.3 Å². The van der Waals surface area contributed by atoms with Crippen LogP contribution in [-0.2, 0) is 6.54 Å². The Hall–Kier alpha value is -0.710. The summed E-state index contributed by atoms with van der Waals surface area (Å²) in [6.45, 7) is 0.664. The van der Waals surface area contributed by atoms with E-state index >= 15 is 0 Å². The Bertz CT molecular complexity index is 590. The minimum atomic E-state index is 0.664. The molecule has 0 aliphatic carbocycles. The highest BCUT2D eigenvalue weighted by atomic mass is 79.9. The highest BCUT2D eigenvalue weighted by molar-refractivity contribution is 9.10. The average Bonchev–Trinajstić information content (AvgIpc) is 2.40. The lowest BCUT2D eigenvalue weighted by Gasteiger charge is -2.10. The largest absolute Gasteiger partial charge is 0.496 e. The molecule has 0 unspecified atom stereocenters. The van der Waals surface area contributed by atoms with E-state index in [9.17, 15) is 0 Å². The van der Waals surface area contributed by atoms with Crippen molar-refractivity contribution >= 4 is 49.1 Å². The number of benzene rings is 2. The van der Waals surface area contributed by atoms with E-state index < -0.39 is 0 Å². The predicted octanol–water partition coefficient (Wildman–Crippen LogP) is 5.49. The van der Waals surface area contributed by atoms with Crippen LogP contribution >= 0.6 is 43.5 Å². The third-order valence-electron chi connectivity index (χ3n) is 2.64. The molecule has 0 radical (unpaired) electrons. The van der Waals surface area contributed by atoms with Crippen LogP contribution < -0.4 is 10.1 Å². The van der Waals surface area contributed by atoms with Gasteiger partial charge in [0, 0.05) is 21.7 Å². The highest BCUT2D eigenvalue weighted by Gasteiger charge is 2.04. The maximum atomic E-state index is 6.15. The second-order valence-electron chi connectivity index (χ2n) is 3.94. The monoisotopic (exact) mass is 403 g/mol. The van der Waals surface area contributed by atoms with E-state index in [0.29, 0.717) is 6.54 Å². The smallest absolute Gasteiger partial charge is 0.133 e. The topological polar surface area (TPSA) is 21.3 Å². The molecule has 5 heteroatoms. The number of hydrogen-bond donors (Lipinski definition) is 1. The molecule has 1 N–H and O–H groups in total. The van der Waals surface area contributed by atoms with E-state index in [-0.39, 0.29) is 0 Å². The molecule has 2 aromatic carbocycles. The summed E-state index contributed by atoms with van der Waals surface area (Å²) < 4.78 is 7.13. The molecule has 19 heavy (non-hydrogen) atoms. The van der Waals surface area contributed by atoms with Crippen LogP contribution in [0, 0.1) is 0 Å². The summed E-state index contributed by atoms with van der Waals surface area (Å²) in [5.41, 5.74) is 2.05. The van der Waals surface area contributed by atoms with Crippen molar-refractivity contribution in [2.75, 3.05) is 12.4 Å². The second kappa shape index (κ2) is 6.64. The third kappa shape index (κ3) is 3.88. The standard InChI is InChI=1S/C14H12Br2ClNO/c1-19-14-5-3-11(7-12(14)16)18-8-9-6-10(15)2-4-13(9)17/h2-7,18H,8H2,1H3. The highest BCUT2D eigenvalue weighted by Crippen LogP contribution is 2.28. The van der Waals surface area contributed by atoms with Gasteiger partial charge in [-0.1, -0.05) is 27.5 Å². The maximum absolute atomic E-state index is 6.15. The van der Waals surface area contributed by atoms with Crippen molar-refractivity contribution in [2.24, 2.45) is 0 Å². The first-order valence-electron chi connectivity index (χ1n) is 5.61. The zero-order valence-electron chi connectivity index (χ0n) is 10.2. The van der Waals surface area contributed by atoms with Crippen LogP contribution in [-0.4, -0.2) is 7.11 Å². The van der Waals surface area contributed by atoms with Crippen molar-refractivity contribution in [1.29, 1.82) is 0 Å². The first-order chi connectivity index (χ1) is 9.10. The van der Waals surface area contributed by atoms with Gasteiger partial charge in [0.05, 0.1) is 11.6 Å². The van der Waals surface area contributed by atoms with E-state index in [0.717, 1.165) is 31.0 Å². The van der Waals surface area contributed by atoms with Crippen molar-refractivity contribution in [2.45, 2.75) is 6.54 Å². The van der Waals surface area contributed by atoms with E-state index in [4.69, 9.17) is 16.3 Å². The van der Waals surface area contributed by atoms with Crippen LogP contribution in [0.25, 0.3) is 0 Å². The Morgan fingerprint density at radius 1 is 1.16 bits per heavy atom. The summed E-state index contributed by atoms with van der Waals surface area (Å²) in [6.07, 6.45) is 0. The Balaban J connectivity index is 2.10. The molecule has 100 valence electrons.